The summed E-state index contributed by atoms with van der Waals surface area (Å²) in [6, 6.07) is 9.39. The monoisotopic (exact) mass is 282 g/mol. The molecule has 0 radical (unpaired) electrons. The summed E-state index contributed by atoms with van der Waals surface area (Å²) in [4.78, 5) is 19.8. The Morgan fingerprint density at radius 1 is 1.38 bits per heavy atom. The number of nitrogens with zero attached hydrogens (tertiary/aromatic N) is 3. The number of carbonyl (C=O) groups is 1. The molecule has 2 aromatic rings. The van der Waals surface area contributed by atoms with Gasteiger partial charge in [-0.05, 0) is 23.8 Å². The molecule has 5 heteroatoms. The Bertz CT molecular complexity index is 671. The number of benzene rings is 1. The molecule has 3 rings (SSSR count). The topological polar surface area (TPSA) is 62.5 Å². The van der Waals surface area contributed by atoms with E-state index < -0.39 is 6.04 Å². The van der Waals surface area contributed by atoms with E-state index in [1.165, 1.54) is 0 Å². The van der Waals surface area contributed by atoms with Gasteiger partial charge in [-0.2, -0.15) is 0 Å². The van der Waals surface area contributed by atoms with Crippen LogP contribution in [0.5, 0.6) is 0 Å². The third kappa shape index (κ3) is 2.36. The second kappa shape index (κ2) is 5.18. The minimum atomic E-state index is -0.539. The number of nitrogens with two attached hydrogens (primary N) is 1. The molecule has 0 aliphatic carbocycles. The van der Waals surface area contributed by atoms with Crippen LogP contribution in [0.3, 0.4) is 0 Å². The molecule has 108 valence electrons. The fourth-order valence-electron chi connectivity index (χ4n) is 2.64. The van der Waals surface area contributed by atoms with Crippen molar-refractivity contribution in [3.05, 3.63) is 53.9 Å². The SMILES string of the molecule is CN(Cc1cccnc1)c1ccc2c(c1)N(C)C(=O)C2N. The highest BCUT2D eigenvalue weighted by Crippen LogP contribution is 2.36. The quantitative estimate of drug-likeness (QED) is 0.930. The van der Waals surface area contributed by atoms with Gasteiger partial charge in [-0.25, -0.2) is 0 Å². The van der Waals surface area contributed by atoms with Gasteiger partial charge in [0.15, 0.2) is 0 Å². The number of rotatable bonds is 3. The smallest absolute Gasteiger partial charge is 0.248 e. The lowest BCUT2D eigenvalue weighted by atomic mass is 10.1. The summed E-state index contributed by atoms with van der Waals surface area (Å²) in [5.41, 5.74) is 9.89. The first-order valence-electron chi connectivity index (χ1n) is 6.85. The van der Waals surface area contributed by atoms with Gasteiger partial charge < -0.3 is 15.5 Å². The Labute approximate surface area is 124 Å². The minimum Gasteiger partial charge on any atom is -0.370 e. The van der Waals surface area contributed by atoms with E-state index in [1.807, 2.05) is 43.6 Å². The average molecular weight is 282 g/mol. The molecule has 1 amide bonds. The van der Waals surface area contributed by atoms with Crippen molar-refractivity contribution < 1.29 is 4.79 Å². The largest absolute Gasteiger partial charge is 0.370 e. The van der Waals surface area contributed by atoms with Crippen molar-refractivity contribution in [1.29, 1.82) is 0 Å². The van der Waals surface area contributed by atoms with E-state index in [-0.39, 0.29) is 5.91 Å². The molecule has 1 aromatic heterocycles. The summed E-state index contributed by atoms with van der Waals surface area (Å²) in [7, 11) is 3.78. The summed E-state index contributed by atoms with van der Waals surface area (Å²) in [6.45, 7) is 0.760. The number of anilines is 2. The van der Waals surface area contributed by atoms with Crippen LogP contribution in [-0.2, 0) is 11.3 Å². The molecule has 1 aromatic carbocycles. The minimum absolute atomic E-state index is 0.0583. The Morgan fingerprint density at radius 2 is 2.19 bits per heavy atom. The van der Waals surface area contributed by atoms with Gasteiger partial charge in [0.1, 0.15) is 6.04 Å². The van der Waals surface area contributed by atoms with Crippen LogP contribution in [0.15, 0.2) is 42.7 Å². The molecular weight excluding hydrogens is 264 g/mol. The molecule has 21 heavy (non-hydrogen) atoms. The van der Waals surface area contributed by atoms with Crippen molar-refractivity contribution in [1.82, 2.24) is 4.98 Å². The van der Waals surface area contributed by atoms with Crippen molar-refractivity contribution in [2.24, 2.45) is 5.73 Å². The van der Waals surface area contributed by atoms with Gasteiger partial charge in [-0.15, -0.1) is 0 Å². The van der Waals surface area contributed by atoms with Crippen molar-refractivity contribution in [3.8, 4) is 0 Å². The number of hydrogen-bond donors (Lipinski definition) is 1. The molecule has 1 atom stereocenters. The van der Waals surface area contributed by atoms with E-state index in [0.29, 0.717) is 0 Å². The zero-order valence-electron chi connectivity index (χ0n) is 12.2. The zero-order chi connectivity index (χ0) is 15.0. The molecular formula is C16H18N4O. The number of carbonyl (C=O) groups excluding carboxylic acids is 1. The molecule has 1 unspecified atom stereocenters. The van der Waals surface area contributed by atoms with Crippen LogP contribution >= 0.6 is 0 Å². The standard InChI is InChI=1S/C16H18N4O/c1-19(10-11-4-3-7-18-9-11)12-5-6-13-14(8-12)20(2)16(21)15(13)17/h3-9,15H,10,17H2,1-2H3. The first-order valence-corrected chi connectivity index (χ1v) is 6.85. The lowest BCUT2D eigenvalue weighted by Crippen LogP contribution is -2.27. The maximum atomic E-state index is 11.9. The van der Waals surface area contributed by atoms with Crippen molar-refractivity contribution >= 4 is 17.3 Å². The molecule has 5 nitrogen and oxygen atoms in total. The normalized spacial score (nSPS) is 17.0. The number of likely N-dealkylation sites (N-methyl/N-ethyl adjacent to an activating group) is 1. The maximum Gasteiger partial charge on any atom is 0.248 e. The highest BCUT2D eigenvalue weighted by molar-refractivity contribution is 6.04. The van der Waals surface area contributed by atoms with Crippen LogP contribution in [0.25, 0.3) is 0 Å². The predicted molar refractivity (Wildman–Crippen MR) is 83.1 cm³/mol. The third-order valence-electron chi connectivity index (χ3n) is 3.89. The van der Waals surface area contributed by atoms with Gasteiger partial charge in [0.2, 0.25) is 5.91 Å². The fraction of sp³-hybridized carbons (Fsp3) is 0.250. The molecule has 0 saturated carbocycles. The summed E-state index contributed by atoms with van der Waals surface area (Å²) in [6.07, 6.45) is 3.62. The highest BCUT2D eigenvalue weighted by atomic mass is 16.2. The Balaban J connectivity index is 1.86. The van der Waals surface area contributed by atoms with Gasteiger partial charge in [0, 0.05) is 44.3 Å². The second-order valence-electron chi connectivity index (χ2n) is 5.34. The van der Waals surface area contributed by atoms with E-state index in [2.05, 4.69) is 9.88 Å². The number of amides is 1. The molecule has 0 fully saturated rings. The van der Waals surface area contributed by atoms with E-state index in [1.54, 1.807) is 18.1 Å². The second-order valence-corrected chi connectivity index (χ2v) is 5.34. The van der Waals surface area contributed by atoms with Gasteiger partial charge in [-0.1, -0.05) is 12.1 Å². The predicted octanol–water partition coefficient (Wildman–Crippen LogP) is 1.69. The first-order chi connectivity index (χ1) is 10.1. The molecule has 0 saturated heterocycles. The van der Waals surface area contributed by atoms with Crippen LogP contribution in [-0.4, -0.2) is 25.0 Å². The van der Waals surface area contributed by atoms with Gasteiger partial charge in [0.05, 0.1) is 5.69 Å². The molecule has 1 aliphatic rings. The Kier molecular flexibility index (Phi) is 3.35. The van der Waals surface area contributed by atoms with E-state index in [4.69, 9.17) is 5.73 Å². The number of pyridine rings is 1. The zero-order valence-corrected chi connectivity index (χ0v) is 12.2. The molecule has 1 aliphatic heterocycles. The lowest BCUT2D eigenvalue weighted by molar-refractivity contribution is -0.118. The van der Waals surface area contributed by atoms with E-state index in [0.717, 1.165) is 29.0 Å². The third-order valence-corrected chi connectivity index (χ3v) is 3.89. The summed E-state index contributed by atoms with van der Waals surface area (Å²) in [5.74, 6) is -0.0583. The Morgan fingerprint density at radius 3 is 2.90 bits per heavy atom. The van der Waals surface area contributed by atoms with Crippen LogP contribution in [0.1, 0.15) is 17.2 Å². The van der Waals surface area contributed by atoms with Crippen LogP contribution in [0.2, 0.25) is 0 Å². The van der Waals surface area contributed by atoms with E-state index in [9.17, 15) is 4.79 Å². The first kappa shape index (κ1) is 13.6. The maximum absolute atomic E-state index is 11.9. The van der Waals surface area contributed by atoms with Gasteiger partial charge in [0.25, 0.3) is 0 Å². The molecule has 0 bridgehead atoms. The fourth-order valence-corrected chi connectivity index (χ4v) is 2.64. The lowest BCUT2D eigenvalue weighted by Gasteiger charge is -2.21. The average Bonchev–Trinajstić information content (AvgIpc) is 2.73. The van der Waals surface area contributed by atoms with Crippen LogP contribution < -0.4 is 15.5 Å². The van der Waals surface area contributed by atoms with Crippen molar-refractivity contribution in [2.75, 3.05) is 23.9 Å². The molecule has 2 N–H and O–H groups in total. The van der Waals surface area contributed by atoms with Crippen molar-refractivity contribution in [2.45, 2.75) is 12.6 Å². The van der Waals surface area contributed by atoms with Crippen LogP contribution in [0, 0.1) is 0 Å². The number of fused-ring (bicyclic) bond motifs is 1. The number of hydrogen-bond acceptors (Lipinski definition) is 4. The Hall–Kier alpha value is -2.40. The van der Waals surface area contributed by atoms with Crippen LogP contribution in [0.4, 0.5) is 11.4 Å². The number of aromatic nitrogens is 1. The summed E-state index contributed by atoms with van der Waals surface area (Å²) >= 11 is 0. The molecule has 0 spiro atoms. The summed E-state index contributed by atoms with van der Waals surface area (Å²) in [5, 5.41) is 0. The van der Waals surface area contributed by atoms with Crippen molar-refractivity contribution in [3.63, 3.8) is 0 Å². The molecule has 2 heterocycles. The van der Waals surface area contributed by atoms with E-state index >= 15 is 0 Å². The van der Waals surface area contributed by atoms with Gasteiger partial charge >= 0.3 is 0 Å². The highest BCUT2D eigenvalue weighted by Gasteiger charge is 2.32. The van der Waals surface area contributed by atoms with Gasteiger partial charge in [-0.3, -0.25) is 9.78 Å². The summed E-state index contributed by atoms with van der Waals surface area (Å²) < 4.78 is 0.